The fraction of sp³-hybridized carbons (Fsp3) is 0.435. The fourth-order valence-electron chi connectivity index (χ4n) is 4.12. The van der Waals surface area contributed by atoms with E-state index in [1.807, 2.05) is 24.3 Å². The molecule has 2 amide bonds. The van der Waals surface area contributed by atoms with E-state index in [0.29, 0.717) is 13.2 Å². The summed E-state index contributed by atoms with van der Waals surface area (Å²) < 4.78 is 5.68. The zero-order chi connectivity index (χ0) is 19.6. The zero-order valence-electron chi connectivity index (χ0n) is 16.7. The molecule has 2 N–H and O–H groups in total. The maximum atomic E-state index is 12.6. The van der Waals surface area contributed by atoms with E-state index in [1.165, 1.54) is 11.1 Å². The number of benzene rings is 2. The van der Waals surface area contributed by atoms with Gasteiger partial charge in [0.1, 0.15) is 5.75 Å². The smallest absolute Gasteiger partial charge is 0.315 e. The summed E-state index contributed by atoms with van der Waals surface area (Å²) in [5.41, 5.74) is 3.78. The third-order valence-electron chi connectivity index (χ3n) is 5.93. The van der Waals surface area contributed by atoms with Crippen molar-refractivity contribution in [3.8, 4) is 5.75 Å². The average Bonchev–Trinajstić information content (AvgIpc) is 2.72. The number of amides is 2. The van der Waals surface area contributed by atoms with E-state index in [0.717, 1.165) is 37.2 Å². The van der Waals surface area contributed by atoms with E-state index < -0.39 is 0 Å². The van der Waals surface area contributed by atoms with Gasteiger partial charge >= 0.3 is 6.03 Å². The lowest BCUT2D eigenvalue weighted by molar-refractivity contribution is 0.104. The van der Waals surface area contributed by atoms with E-state index in [1.54, 1.807) is 0 Å². The third-order valence-corrected chi connectivity index (χ3v) is 5.93. The number of nitrogens with zero attached hydrogens (tertiary/aromatic N) is 1. The van der Waals surface area contributed by atoms with Gasteiger partial charge < -0.3 is 15.4 Å². The lowest BCUT2D eigenvalue weighted by atomic mass is 9.94. The SMILES string of the molecule is CC(C)(CNC(=O)N[C@H]1CCOc2ccccc21)N1CCc2ccccc2C1. The summed E-state index contributed by atoms with van der Waals surface area (Å²) in [5, 5.41) is 6.21. The summed E-state index contributed by atoms with van der Waals surface area (Å²) >= 11 is 0. The lowest BCUT2D eigenvalue weighted by Crippen LogP contribution is -2.54. The van der Waals surface area contributed by atoms with Crippen LogP contribution in [0.2, 0.25) is 0 Å². The maximum Gasteiger partial charge on any atom is 0.315 e. The van der Waals surface area contributed by atoms with Gasteiger partial charge in [-0.05, 0) is 37.5 Å². The Hall–Kier alpha value is -2.53. The van der Waals surface area contributed by atoms with Gasteiger partial charge in [-0.15, -0.1) is 0 Å². The quantitative estimate of drug-likeness (QED) is 0.853. The van der Waals surface area contributed by atoms with E-state index in [9.17, 15) is 4.79 Å². The maximum absolute atomic E-state index is 12.6. The van der Waals surface area contributed by atoms with Crippen LogP contribution in [-0.4, -0.2) is 36.2 Å². The molecule has 2 aliphatic heterocycles. The first-order valence-electron chi connectivity index (χ1n) is 10.1. The van der Waals surface area contributed by atoms with Crippen molar-refractivity contribution in [1.82, 2.24) is 15.5 Å². The number of carbonyl (C=O) groups is 1. The van der Waals surface area contributed by atoms with Crippen LogP contribution in [0.25, 0.3) is 0 Å². The molecule has 0 spiro atoms. The number of para-hydroxylation sites is 1. The molecular formula is C23H29N3O2. The first kappa shape index (κ1) is 18.8. The first-order chi connectivity index (χ1) is 13.5. The summed E-state index contributed by atoms with van der Waals surface area (Å²) in [7, 11) is 0. The molecule has 2 aliphatic rings. The third kappa shape index (κ3) is 3.99. The number of nitrogens with one attached hydrogen (secondary N) is 2. The Morgan fingerprint density at radius 1 is 1.14 bits per heavy atom. The summed E-state index contributed by atoms with van der Waals surface area (Å²) in [5.74, 6) is 0.867. The molecule has 5 nitrogen and oxygen atoms in total. The molecule has 28 heavy (non-hydrogen) atoms. The second-order valence-electron chi connectivity index (χ2n) is 8.31. The molecule has 0 saturated carbocycles. The molecule has 1 atom stereocenters. The van der Waals surface area contributed by atoms with Crippen LogP contribution in [0.5, 0.6) is 5.75 Å². The van der Waals surface area contributed by atoms with Gasteiger partial charge in [0.2, 0.25) is 0 Å². The molecule has 0 bridgehead atoms. The van der Waals surface area contributed by atoms with Crippen molar-refractivity contribution in [2.24, 2.45) is 0 Å². The molecule has 0 aliphatic carbocycles. The van der Waals surface area contributed by atoms with Crippen LogP contribution in [-0.2, 0) is 13.0 Å². The van der Waals surface area contributed by atoms with Gasteiger partial charge in [-0.3, -0.25) is 4.90 Å². The molecule has 2 heterocycles. The minimum Gasteiger partial charge on any atom is -0.493 e. The van der Waals surface area contributed by atoms with Crippen molar-refractivity contribution in [2.45, 2.75) is 44.8 Å². The summed E-state index contributed by atoms with van der Waals surface area (Å²) in [6, 6.07) is 16.4. The Morgan fingerprint density at radius 2 is 1.89 bits per heavy atom. The van der Waals surface area contributed by atoms with Gasteiger partial charge in [0.15, 0.2) is 0 Å². The number of hydrogen-bond acceptors (Lipinski definition) is 3. The standard InChI is InChI=1S/C23H29N3O2/c1-23(2,26-13-11-17-7-3-4-8-18(17)15-26)16-24-22(27)25-20-12-14-28-21-10-6-5-9-19(20)21/h3-10,20H,11-16H2,1-2H3,(H2,24,25,27)/t20-/m0/s1. The highest BCUT2D eigenvalue weighted by molar-refractivity contribution is 5.74. The molecule has 0 aromatic heterocycles. The minimum atomic E-state index is -0.118. The summed E-state index contributed by atoms with van der Waals surface area (Å²) in [6.45, 7) is 7.57. The van der Waals surface area contributed by atoms with Gasteiger partial charge in [-0.1, -0.05) is 42.5 Å². The number of fused-ring (bicyclic) bond motifs is 2. The molecule has 0 fully saturated rings. The van der Waals surface area contributed by atoms with Gasteiger partial charge in [0, 0.05) is 37.2 Å². The van der Waals surface area contributed by atoms with Gasteiger partial charge in [0.05, 0.1) is 12.6 Å². The van der Waals surface area contributed by atoms with Crippen LogP contribution in [0, 0.1) is 0 Å². The molecule has 4 rings (SSSR count). The van der Waals surface area contributed by atoms with Crippen LogP contribution < -0.4 is 15.4 Å². The topological polar surface area (TPSA) is 53.6 Å². The van der Waals surface area contributed by atoms with Gasteiger partial charge in [-0.2, -0.15) is 0 Å². The first-order valence-corrected chi connectivity index (χ1v) is 10.1. The number of urea groups is 1. The van der Waals surface area contributed by atoms with Crippen LogP contribution in [0.15, 0.2) is 48.5 Å². The van der Waals surface area contributed by atoms with Crippen molar-refractivity contribution in [3.63, 3.8) is 0 Å². The molecule has 148 valence electrons. The predicted octanol–water partition coefficient (Wildman–Crippen LogP) is 3.65. The highest BCUT2D eigenvalue weighted by atomic mass is 16.5. The highest BCUT2D eigenvalue weighted by Gasteiger charge is 2.30. The molecule has 0 radical (unpaired) electrons. The predicted molar refractivity (Wildman–Crippen MR) is 110 cm³/mol. The minimum absolute atomic E-state index is 0.00470. The van der Waals surface area contributed by atoms with Crippen molar-refractivity contribution in [3.05, 3.63) is 65.2 Å². The second-order valence-corrected chi connectivity index (χ2v) is 8.31. The monoisotopic (exact) mass is 379 g/mol. The van der Waals surface area contributed by atoms with E-state index in [2.05, 4.69) is 53.6 Å². The van der Waals surface area contributed by atoms with E-state index in [-0.39, 0.29) is 17.6 Å². The molecule has 0 saturated heterocycles. The average molecular weight is 380 g/mol. The Morgan fingerprint density at radius 3 is 2.75 bits per heavy atom. The van der Waals surface area contributed by atoms with Crippen LogP contribution in [0.1, 0.15) is 43.0 Å². The number of carbonyl (C=O) groups excluding carboxylic acids is 1. The van der Waals surface area contributed by atoms with Gasteiger partial charge in [-0.25, -0.2) is 4.79 Å². The number of rotatable bonds is 4. The molecule has 0 unspecified atom stereocenters. The van der Waals surface area contributed by atoms with Gasteiger partial charge in [0.25, 0.3) is 0 Å². The molecule has 5 heteroatoms. The Kier molecular flexibility index (Phi) is 5.27. The normalized spacial score (nSPS) is 19.1. The van der Waals surface area contributed by atoms with Crippen molar-refractivity contribution < 1.29 is 9.53 Å². The number of hydrogen-bond donors (Lipinski definition) is 2. The Bertz CT molecular complexity index is 849. The number of ether oxygens (including phenoxy) is 1. The molecular weight excluding hydrogens is 350 g/mol. The van der Waals surface area contributed by atoms with E-state index in [4.69, 9.17) is 4.74 Å². The summed E-state index contributed by atoms with van der Waals surface area (Å²) in [6.07, 6.45) is 1.85. The molecule has 2 aromatic rings. The van der Waals surface area contributed by atoms with Crippen molar-refractivity contribution in [1.29, 1.82) is 0 Å². The second kappa shape index (κ2) is 7.84. The lowest BCUT2D eigenvalue weighted by Gasteiger charge is -2.41. The van der Waals surface area contributed by atoms with Crippen LogP contribution >= 0.6 is 0 Å². The fourth-order valence-corrected chi connectivity index (χ4v) is 4.12. The highest BCUT2D eigenvalue weighted by Crippen LogP contribution is 2.31. The Labute approximate surface area is 167 Å². The van der Waals surface area contributed by atoms with Crippen LogP contribution in [0.3, 0.4) is 0 Å². The van der Waals surface area contributed by atoms with E-state index >= 15 is 0 Å². The van der Waals surface area contributed by atoms with Crippen molar-refractivity contribution >= 4 is 6.03 Å². The van der Waals surface area contributed by atoms with Crippen LogP contribution in [0.4, 0.5) is 4.79 Å². The largest absolute Gasteiger partial charge is 0.493 e. The summed E-state index contributed by atoms with van der Waals surface area (Å²) in [4.78, 5) is 15.0. The Balaban J connectivity index is 1.33. The van der Waals surface area contributed by atoms with Crippen molar-refractivity contribution in [2.75, 3.05) is 19.7 Å². The zero-order valence-corrected chi connectivity index (χ0v) is 16.7. The molecule has 2 aromatic carbocycles.